The first-order valence-corrected chi connectivity index (χ1v) is 9.43. The third-order valence-corrected chi connectivity index (χ3v) is 4.90. The van der Waals surface area contributed by atoms with Gasteiger partial charge in [-0.3, -0.25) is 4.79 Å². The number of anilines is 1. The van der Waals surface area contributed by atoms with Crippen LogP contribution >= 0.6 is 0 Å². The molecule has 0 atom stereocenters. The highest BCUT2D eigenvalue weighted by molar-refractivity contribution is 5.96. The summed E-state index contributed by atoms with van der Waals surface area (Å²) in [7, 11) is 0. The summed E-state index contributed by atoms with van der Waals surface area (Å²) in [4.78, 5) is 26.7. The van der Waals surface area contributed by atoms with Crippen LogP contribution in [0.2, 0.25) is 0 Å². The van der Waals surface area contributed by atoms with E-state index in [0.29, 0.717) is 18.5 Å². The Hall–Kier alpha value is -3.12. The van der Waals surface area contributed by atoms with Crippen LogP contribution in [0.25, 0.3) is 11.0 Å². The lowest BCUT2D eigenvalue weighted by molar-refractivity contribution is 0.0950. The third kappa shape index (κ3) is 4.07. The largest absolute Gasteiger partial charge is 0.422 e. The molecule has 0 spiro atoms. The number of nitrogens with zero attached hydrogens (tertiary/aromatic N) is 1. The Morgan fingerprint density at radius 3 is 2.57 bits per heavy atom. The van der Waals surface area contributed by atoms with Gasteiger partial charge in [-0.05, 0) is 36.2 Å². The van der Waals surface area contributed by atoms with E-state index in [1.54, 1.807) is 18.2 Å². The third-order valence-electron chi connectivity index (χ3n) is 4.90. The van der Waals surface area contributed by atoms with Crippen molar-refractivity contribution in [1.29, 1.82) is 0 Å². The van der Waals surface area contributed by atoms with E-state index in [4.69, 9.17) is 9.15 Å². The van der Waals surface area contributed by atoms with Gasteiger partial charge in [0.25, 0.3) is 5.91 Å². The van der Waals surface area contributed by atoms with Crippen molar-refractivity contribution in [3.05, 3.63) is 76.1 Å². The zero-order valence-corrected chi connectivity index (χ0v) is 15.5. The molecule has 1 aliphatic rings. The molecule has 1 N–H and O–H groups in total. The van der Waals surface area contributed by atoms with Crippen LogP contribution < -0.4 is 15.8 Å². The number of nitrogens with one attached hydrogen (secondary N) is 1. The van der Waals surface area contributed by atoms with Crippen LogP contribution in [0.5, 0.6) is 0 Å². The second-order valence-corrected chi connectivity index (χ2v) is 6.76. The number of rotatable bonds is 5. The quantitative estimate of drug-likeness (QED) is 0.691. The normalized spacial score (nSPS) is 14.2. The van der Waals surface area contributed by atoms with Gasteiger partial charge in [0.05, 0.1) is 13.2 Å². The zero-order valence-electron chi connectivity index (χ0n) is 15.5. The molecule has 1 amide bonds. The van der Waals surface area contributed by atoms with Gasteiger partial charge in [-0.15, -0.1) is 0 Å². The summed E-state index contributed by atoms with van der Waals surface area (Å²) >= 11 is 0. The van der Waals surface area contributed by atoms with Gasteiger partial charge < -0.3 is 19.4 Å². The van der Waals surface area contributed by atoms with E-state index in [0.717, 1.165) is 37.3 Å². The maximum absolute atomic E-state index is 12.4. The molecule has 1 saturated heterocycles. The Balaban J connectivity index is 1.35. The lowest BCUT2D eigenvalue weighted by Gasteiger charge is -2.28. The summed E-state index contributed by atoms with van der Waals surface area (Å²) < 4.78 is 10.6. The van der Waals surface area contributed by atoms with E-state index in [-0.39, 0.29) is 5.56 Å². The highest BCUT2D eigenvalue weighted by Crippen LogP contribution is 2.17. The van der Waals surface area contributed by atoms with Gasteiger partial charge in [0.1, 0.15) is 11.1 Å². The van der Waals surface area contributed by atoms with Gasteiger partial charge >= 0.3 is 5.63 Å². The minimum absolute atomic E-state index is 0.0290. The summed E-state index contributed by atoms with van der Waals surface area (Å²) in [5, 5.41) is 3.53. The number of amides is 1. The molecule has 0 saturated carbocycles. The number of morpholine rings is 1. The average Bonchev–Trinajstić information content (AvgIpc) is 2.74. The molecule has 0 radical (unpaired) electrons. The van der Waals surface area contributed by atoms with Crippen molar-refractivity contribution >= 4 is 22.6 Å². The molecule has 144 valence electrons. The summed E-state index contributed by atoms with van der Waals surface area (Å²) in [5.74, 6) is -0.413. The molecule has 0 bridgehead atoms. The van der Waals surface area contributed by atoms with E-state index < -0.39 is 11.5 Å². The Morgan fingerprint density at radius 1 is 1.04 bits per heavy atom. The van der Waals surface area contributed by atoms with Crippen molar-refractivity contribution in [1.82, 2.24) is 5.32 Å². The first-order chi connectivity index (χ1) is 13.7. The van der Waals surface area contributed by atoms with E-state index >= 15 is 0 Å². The fourth-order valence-electron chi connectivity index (χ4n) is 3.33. The molecular weight excluding hydrogens is 356 g/mol. The predicted octanol–water partition coefficient (Wildman–Crippen LogP) is 2.60. The first kappa shape index (κ1) is 18.3. The van der Waals surface area contributed by atoms with Gasteiger partial charge in [0.2, 0.25) is 0 Å². The maximum Gasteiger partial charge on any atom is 0.349 e. The fourth-order valence-corrected chi connectivity index (χ4v) is 3.33. The van der Waals surface area contributed by atoms with Crippen LogP contribution in [0.1, 0.15) is 15.9 Å². The summed E-state index contributed by atoms with van der Waals surface area (Å²) in [5.41, 5.74) is 2.20. The number of hydrogen-bond acceptors (Lipinski definition) is 5. The number of benzene rings is 2. The molecule has 4 rings (SSSR count). The van der Waals surface area contributed by atoms with Crippen LogP contribution in [-0.2, 0) is 11.2 Å². The number of hydrogen-bond donors (Lipinski definition) is 1. The van der Waals surface area contributed by atoms with Crippen molar-refractivity contribution in [2.24, 2.45) is 0 Å². The molecule has 3 aromatic rings. The zero-order chi connectivity index (χ0) is 19.3. The Morgan fingerprint density at radius 2 is 1.79 bits per heavy atom. The molecule has 28 heavy (non-hydrogen) atoms. The molecule has 0 aliphatic carbocycles. The molecule has 1 aromatic heterocycles. The second-order valence-electron chi connectivity index (χ2n) is 6.76. The van der Waals surface area contributed by atoms with E-state index in [2.05, 4.69) is 34.5 Å². The van der Waals surface area contributed by atoms with Gasteiger partial charge in [-0.1, -0.05) is 30.3 Å². The van der Waals surface area contributed by atoms with Crippen LogP contribution in [0, 0.1) is 0 Å². The number of carbonyl (C=O) groups is 1. The fraction of sp³-hybridized carbons (Fsp3) is 0.273. The first-order valence-electron chi connectivity index (χ1n) is 9.43. The molecule has 6 nitrogen and oxygen atoms in total. The molecule has 1 fully saturated rings. The summed E-state index contributed by atoms with van der Waals surface area (Å²) in [6.07, 6.45) is 0.689. The van der Waals surface area contributed by atoms with Gasteiger partial charge in [0.15, 0.2) is 0 Å². The minimum atomic E-state index is -0.619. The molecular formula is C22H22N2O4. The molecule has 0 unspecified atom stereocenters. The Kier molecular flexibility index (Phi) is 5.39. The number of para-hydroxylation sites is 1. The molecule has 6 heteroatoms. The van der Waals surface area contributed by atoms with Crippen molar-refractivity contribution in [3.8, 4) is 0 Å². The van der Waals surface area contributed by atoms with Crippen molar-refractivity contribution < 1.29 is 13.9 Å². The Bertz CT molecular complexity index is 1020. The minimum Gasteiger partial charge on any atom is -0.422 e. The van der Waals surface area contributed by atoms with Crippen LogP contribution in [-0.4, -0.2) is 38.8 Å². The standard InChI is InChI=1S/C22H22N2O4/c25-21(19-15-17-3-1-2-4-20(17)28-22(19)26)23-10-9-16-5-7-18(8-6-16)24-11-13-27-14-12-24/h1-8,15H,9-14H2,(H,23,25). The highest BCUT2D eigenvalue weighted by atomic mass is 16.5. The monoisotopic (exact) mass is 378 g/mol. The molecule has 2 aromatic carbocycles. The maximum atomic E-state index is 12.4. The number of fused-ring (bicyclic) bond motifs is 1. The van der Waals surface area contributed by atoms with E-state index in [9.17, 15) is 9.59 Å². The SMILES string of the molecule is O=C(NCCc1ccc(N2CCOCC2)cc1)c1cc2ccccc2oc1=O. The predicted molar refractivity (Wildman–Crippen MR) is 108 cm³/mol. The van der Waals surface area contributed by atoms with Crippen LogP contribution in [0.15, 0.2) is 63.8 Å². The van der Waals surface area contributed by atoms with Gasteiger partial charge in [-0.25, -0.2) is 4.79 Å². The van der Waals surface area contributed by atoms with Crippen LogP contribution in [0.4, 0.5) is 5.69 Å². The van der Waals surface area contributed by atoms with E-state index in [1.165, 1.54) is 5.69 Å². The van der Waals surface area contributed by atoms with Gasteiger partial charge in [0, 0.05) is 30.7 Å². The highest BCUT2D eigenvalue weighted by Gasteiger charge is 2.13. The van der Waals surface area contributed by atoms with Crippen molar-refractivity contribution in [3.63, 3.8) is 0 Å². The Labute approximate surface area is 162 Å². The molecule has 2 heterocycles. The van der Waals surface area contributed by atoms with Crippen LogP contribution in [0.3, 0.4) is 0 Å². The van der Waals surface area contributed by atoms with E-state index in [1.807, 2.05) is 12.1 Å². The topological polar surface area (TPSA) is 71.8 Å². The summed E-state index contributed by atoms with van der Waals surface area (Å²) in [6, 6.07) is 17.1. The van der Waals surface area contributed by atoms with Crippen molar-refractivity contribution in [2.45, 2.75) is 6.42 Å². The number of ether oxygens (including phenoxy) is 1. The van der Waals surface area contributed by atoms with Crippen molar-refractivity contribution in [2.75, 3.05) is 37.7 Å². The summed E-state index contributed by atoms with van der Waals surface area (Å²) in [6.45, 7) is 3.78. The lowest BCUT2D eigenvalue weighted by atomic mass is 10.1. The van der Waals surface area contributed by atoms with Gasteiger partial charge in [-0.2, -0.15) is 0 Å². The second kappa shape index (κ2) is 8.27. The number of carbonyl (C=O) groups excluding carboxylic acids is 1. The lowest BCUT2D eigenvalue weighted by Crippen LogP contribution is -2.36. The smallest absolute Gasteiger partial charge is 0.349 e. The molecule has 1 aliphatic heterocycles. The average molecular weight is 378 g/mol.